The first-order chi connectivity index (χ1) is 14.2. The van der Waals surface area contributed by atoms with Crippen LogP contribution in [0.1, 0.15) is 34.1 Å². The van der Waals surface area contributed by atoms with E-state index in [0.717, 1.165) is 14.9 Å². The molecule has 11 nitrogen and oxygen atoms in total. The molecule has 1 fully saturated rings. The summed E-state index contributed by atoms with van der Waals surface area (Å²) < 4.78 is 0. The number of aliphatic hydroxyl groups excluding tert-OH is 1. The smallest absolute Gasteiger partial charge is 0.322 e. The normalized spacial score (nSPS) is 22.7. The molecule has 0 aliphatic carbocycles. The van der Waals surface area contributed by atoms with Crippen molar-refractivity contribution in [3.05, 3.63) is 35.4 Å². The van der Waals surface area contributed by atoms with Gasteiger partial charge < -0.3 is 15.9 Å². The fourth-order valence-electron chi connectivity index (χ4n) is 3.66. The first kappa shape index (κ1) is 21.6. The van der Waals surface area contributed by atoms with Crippen LogP contribution in [0.3, 0.4) is 0 Å². The Morgan fingerprint density at radius 1 is 1.20 bits per heavy atom. The number of piperidine rings is 1. The lowest BCUT2D eigenvalue weighted by Gasteiger charge is -2.40. The highest BCUT2D eigenvalue weighted by atomic mass is 16.4. The molecular weight excluding hydrogens is 396 g/mol. The number of carbonyl (C=O) groups is 5. The van der Waals surface area contributed by atoms with Gasteiger partial charge in [0.1, 0.15) is 6.04 Å². The molecule has 11 heteroatoms. The average Bonchev–Trinajstić information content (AvgIpc) is 2.96. The summed E-state index contributed by atoms with van der Waals surface area (Å²) in [6, 6.07) is 3.81. The molecule has 4 amide bonds. The van der Waals surface area contributed by atoms with Crippen LogP contribution in [0.2, 0.25) is 0 Å². The molecule has 1 aromatic rings. The molecule has 2 aliphatic heterocycles. The number of rotatable bonds is 7. The Balaban J connectivity index is 1.95. The first-order valence-electron chi connectivity index (χ1n) is 9.36. The van der Waals surface area contributed by atoms with Gasteiger partial charge in [-0.05, 0) is 19.1 Å². The number of β-amino-alcohol motifs (C(OH)–C–C–N with tert-alkyl or cyclic N) is 1. The molecule has 1 saturated heterocycles. The Bertz CT molecular complexity index is 883. The lowest BCUT2D eigenvalue weighted by atomic mass is 9.90. The monoisotopic (exact) mass is 418 g/mol. The van der Waals surface area contributed by atoms with Crippen molar-refractivity contribution in [2.24, 2.45) is 11.7 Å². The summed E-state index contributed by atoms with van der Waals surface area (Å²) >= 11 is 0. The highest BCUT2D eigenvalue weighted by molar-refractivity contribution is 6.21. The topological polar surface area (TPSA) is 162 Å². The number of imide groups is 2. The zero-order valence-corrected chi connectivity index (χ0v) is 16.2. The second kappa shape index (κ2) is 8.30. The number of fused-ring (bicyclic) bond motifs is 1. The molecule has 0 bridgehead atoms. The summed E-state index contributed by atoms with van der Waals surface area (Å²) in [6.07, 6.45) is -0.187. The van der Waals surface area contributed by atoms with E-state index in [0.29, 0.717) is 0 Å². The van der Waals surface area contributed by atoms with Gasteiger partial charge in [-0.3, -0.25) is 28.9 Å². The summed E-state index contributed by atoms with van der Waals surface area (Å²) in [5.41, 5.74) is 6.25. The molecule has 0 aromatic heterocycles. The largest absolute Gasteiger partial charge is 0.480 e. The van der Waals surface area contributed by atoms with Gasteiger partial charge in [0.15, 0.2) is 0 Å². The molecule has 2 aliphatic rings. The first-order valence-corrected chi connectivity index (χ1v) is 9.36. The van der Waals surface area contributed by atoms with Crippen molar-refractivity contribution in [1.82, 2.24) is 14.9 Å². The van der Waals surface area contributed by atoms with E-state index in [1.54, 1.807) is 12.1 Å². The number of hydrogen-bond acceptors (Lipinski definition) is 8. The maximum absolute atomic E-state index is 12.9. The van der Waals surface area contributed by atoms with Crippen LogP contribution in [0.5, 0.6) is 0 Å². The lowest BCUT2D eigenvalue weighted by molar-refractivity contribution is -0.158. The van der Waals surface area contributed by atoms with Crippen LogP contribution in [-0.2, 0) is 14.4 Å². The second-order valence-electron chi connectivity index (χ2n) is 7.19. The number of hydrazine groups is 1. The fourth-order valence-corrected chi connectivity index (χ4v) is 3.66. The van der Waals surface area contributed by atoms with Crippen molar-refractivity contribution >= 4 is 29.6 Å². The van der Waals surface area contributed by atoms with Gasteiger partial charge in [-0.15, -0.1) is 0 Å². The zero-order valence-electron chi connectivity index (χ0n) is 16.2. The van der Waals surface area contributed by atoms with Crippen molar-refractivity contribution in [1.29, 1.82) is 0 Å². The number of hydrogen-bond donors (Lipinski definition) is 3. The van der Waals surface area contributed by atoms with E-state index in [1.807, 2.05) is 0 Å². The van der Waals surface area contributed by atoms with Crippen LogP contribution in [0.25, 0.3) is 0 Å². The minimum absolute atomic E-state index is 0.126. The highest BCUT2D eigenvalue weighted by Crippen LogP contribution is 2.28. The molecule has 2 unspecified atom stereocenters. The molecular formula is C19H22N4O7. The Morgan fingerprint density at radius 2 is 1.77 bits per heavy atom. The van der Waals surface area contributed by atoms with Gasteiger partial charge in [0, 0.05) is 19.0 Å². The van der Waals surface area contributed by atoms with E-state index in [-0.39, 0.29) is 30.6 Å². The summed E-state index contributed by atoms with van der Waals surface area (Å²) in [7, 11) is 0. The number of benzene rings is 1. The van der Waals surface area contributed by atoms with Crippen molar-refractivity contribution in [3.8, 4) is 0 Å². The number of nitrogens with two attached hydrogens (primary N) is 1. The molecule has 0 radical (unpaired) electrons. The van der Waals surface area contributed by atoms with Crippen LogP contribution in [0.4, 0.5) is 0 Å². The number of nitrogens with zero attached hydrogens (tertiary/aromatic N) is 3. The molecule has 3 atom stereocenters. The standard InChI is InChI=1S/C19H22N4O7/c1-10(19(29)30)22(23-17(27)11-4-2-3-5-12(11)18(23)28)9-13-14(20)8-15(25)21(6-7-24)16(13)26/h2-5,10,13-14,24H,6-9,20H2,1H3,(H,29,30)/t10-,13?,14?/m0/s1. The summed E-state index contributed by atoms with van der Waals surface area (Å²) in [5.74, 6) is -5.01. The third-order valence-electron chi connectivity index (χ3n) is 5.35. The molecule has 30 heavy (non-hydrogen) atoms. The highest BCUT2D eigenvalue weighted by Gasteiger charge is 2.46. The molecule has 160 valence electrons. The maximum Gasteiger partial charge on any atom is 0.322 e. The van der Waals surface area contributed by atoms with E-state index < -0.39 is 54.2 Å². The Kier molecular flexibility index (Phi) is 5.97. The van der Waals surface area contributed by atoms with Crippen LogP contribution in [0, 0.1) is 5.92 Å². The number of carboxylic acids is 1. The third-order valence-corrected chi connectivity index (χ3v) is 5.35. The van der Waals surface area contributed by atoms with Gasteiger partial charge in [-0.1, -0.05) is 12.1 Å². The van der Waals surface area contributed by atoms with E-state index in [2.05, 4.69) is 0 Å². The van der Waals surface area contributed by atoms with Crippen LogP contribution >= 0.6 is 0 Å². The molecule has 0 saturated carbocycles. The number of aliphatic carboxylic acids is 1. The number of aliphatic hydroxyl groups is 1. The Labute approximate surface area is 171 Å². The van der Waals surface area contributed by atoms with E-state index >= 15 is 0 Å². The fraction of sp³-hybridized carbons (Fsp3) is 0.421. The van der Waals surface area contributed by atoms with E-state index in [4.69, 9.17) is 10.8 Å². The summed E-state index contributed by atoms with van der Waals surface area (Å²) in [6.45, 7) is 0.255. The lowest BCUT2D eigenvalue weighted by Crippen LogP contribution is -2.62. The molecule has 4 N–H and O–H groups in total. The van der Waals surface area contributed by atoms with Gasteiger partial charge in [0.25, 0.3) is 11.8 Å². The van der Waals surface area contributed by atoms with Crippen LogP contribution < -0.4 is 5.73 Å². The van der Waals surface area contributed by atoms with Gasteiger partial charge in [-0.2, -0.15) is 5.01 Å². The predicted molar refractivity (Wildman–Crippen MR) is 101 cm³/mol. The predicted octanol–water partition coefficient (Wildman–Crippen LogP) is -1.33. The minimum atomic E-state index is -1.34. The number of carbonyl (C=O) groups excluding carboxylic acids is 4. The number of carboxylic acid groups (broad SMARTS) is 1. The van der Waals surface area contributed by atoms with Crippen molar-refractivity contribution in [2.45, 2.75) is 25.4 Å². The van der Waals surface area contributed by atoms with E-state index in [1.165, 1.54) is 19.1 Å². The van der Waals surface area contributed by atoms with Crippen molar-refractivity contribution in [2.75, 3.05) is 19.7 Å². The van der Waals surface area contributed by atoms with Gasteiger partial charge in [0.2, 0.25) is 11.8 Å². The summed E-state index contributed by atoms with van der Waals surface area (Å²) in [4.78, 5) is 63.2. The molecule has 2 heterocycles. The van der Waals surface area contributed by atoms with Crippen LogP contribution in [-0.4, -0.2) is 86.5 Å². The minimum Gasteiger partial charge on any atom is -0.480 e. The Hall–Kier alpha value is -3.15. The SMILES string of the molecule is C[C@@H](C(=O)O)N(CC1C(=O)N(CCO)C(=O)CC1N)N1C(=O)c2ccccc2C1=O. The van der Waals surface area contributed by atoms with Crippen molar-refractivity contribution in [3.63, 3.8) is 0 Å². The average molecular weight is 418 g/mol. The van der Waals surface area contributed by atoms with E-state index in [9.17, 15) is 29.1 Å². The van der Waals surface area contributed by atoms with Crippen LogP contribution in [0.15, 0.2) is 24.3 Å². The quantitative estimate of drug-likeness (QED) is 0.455. The second-order valence-corrected chi connectivity index (χ2v) is 7.19. The van der Waals surface area contributed by atoms with Gasteiger partial charge in [0.05, 0.1) is 30.2 Å². The molecule has 1 aromatic carbocycles. The molecule has 0 spiro atoms. The summed E-state index contributed by atoms with van der Waals surface area (Å²) in [5, 5.41) is 20.4. The number of likely N-dealkylation sites (tertiary alicyclic amines) is 1. The van der Waals surface area contributed by atoms with Gasteiger partial charge >= 0.3 is 5.97 Å². The molecule has 3 rings (SSSR count). The zero-order chi connectivity index (χ0) is 22.2. The third kappa shape index (κ3) is 3.58. The Morgan fingerprint density at radius 3 is 2.27 bits per heavy atom. The number of amides is 4. The maximum atomic E-state index is 12.9. The van der Waals surface area contributed by atoms with Gasteiger partial charge in [-0.25, -0.2) is 5.01 Å². The van der Waals surface area contributed by atoms with Crippen molar-refractivity contribution < 1.29 is 34.2 Å².